The molecule has 5 nitrogen and oxygen atoms in total. The Morgan fingerprint density at radius 1 is 1.19 bits per heavy atom. The predicted octanol–water partition coefficient (Wildman–Crippen LogP) is 1.08. The van der Waals surface area contributed by atoms with Gasteiger partial charge in [0.15, 0.2) is 21.3 Å². The van der Waals surface area contributed by atoms with Gasteiger partial charge in [0, 0.05) is 12.1 Å². The monoisotopic (exact) mass is 245 g/mol. The molecule has 0 aromatic heterocycles. The second-order valence-corrected chi connectivity index (χ2v) is 5.40. The van der Waals surface area contributed by atoms with Crippen LogP contribution in [0.3, 0.4) is 0 Å². The molecular weight excluding hydrogens is 230 g/mol. The molecule has 0 aliphatic heterocycles. The van der Waals surface area contributed by atoms with Gasteiger partial charge in [-0.2, -0.15) is 0 Å². The van der Waals surface area contributed by atoms with Crippen molar-refractivity contribution in [3.8, 4) is 11.5 Å². The Morgan fingerprint density at radius 2 is 1.69 bits per heavy atom. The maximum absolute atomic E-state index is 11.7. The standard InChI is InChI=1S/C10H15NO4S/c1-4-16(12,13)10-6-9(15-3)8(14-2)5-7(10)11/h5-6H,4,11H2,1-3H3. The third-order valence-corrected chi connectivity index (χ3v) is 4.01. The van der Waals surface area contributed by atoms with E-state index in [1.807, 2.05) is 0 Å². The molecule has 0 saturated heterocycles. The van der Waals surface area contributed by atoms with Gasteiger partial charge >= 0.3 is 0 Å². The first-order valence-electron chi connectivity index (χ1n) is 4.70. The van der Waals surface area contributed by atoms with Crippen LogP contribution < -0.4 is 15.2 Å². The molecular formula is C10H15NO4S. The number of hydrogen-bond donors (Lipinski definition) is 1. The highest BCUT2D eigenvalue weighted by Gasteiger charge is 2.19. The number of nitrogen functional groups attached to an aromatic ring is 1. The van der Waals surface area contributed by atoms with E-state index in [1.165, 1.54) is 26.4 Å². The summed E-state index contributed by atoms with van der Waals surface area (Å²) < 4.78 is 33.5. The van der Waals surface area contributed by atoms with Crippen LogP contribution in [0.25, 0.3) is 0 Å². The molecule has 0 radical (unpaired) electrons. The van der Waals surface area contributed by atoms with Gasteiger partial charge in [-0.3, -0.25) is 0 Å². The highest BCUT2D eigenvalue weighted by Crippen LogP contribution is 2.34. The second-order valence-electron chi connectivity index (χ2n) is 3.15. The van der Waals surface area contributed by atoms with Crippen LogP contribution in [-0.4, -0.2) is 28.4 Å². The summed E-state index contributed by atoms with van der Waals surface area (Å²) in [6, 6.07) is 2.83. The molecule has 0 spiro atoms. The van der Waals surface area contributed by atoms with Crippen LogP contribution >= 0.6 is 0 Å². The Balaban J connectivity index is 3.44. The summed E-state index contributed by atoms with van der Waals surface area (Å²) in [7, 11) is -0.443. The van der Waals surface area contributed by atoms with Crippen LogP contribution in [0.1, 0.15) is 6.92 Å². The van der Waals surface area contributed by atoms with Gasteiger partial charge in [0.05, 0.1) is 30.6 Å². The van der Waals surface area contributed by atoms with Crippen molar-refractivity contribution in [2.24, 2.45) is 0 Å². The van der Waals surface area contributed by atoms with Crippen molar-refractivity contribution in [3.05, 3.63) is 12.1 Å². The third-order valence-electron chi connectivity index (χ3n) is 2.23. The quantitative estimate of drug-likeness (QED) is 0.803. The fourth-order valence-corrected chi connectivity index (χ4v) is 2.32. The van der Waals surface area contributed by atoms with E-state index >= 15 is 0 Å². The largest absolute Gasteiger partial charge is 0.493 e. The summed E-state index contributed by atoms with van der Waals surface area (Å²) in [5.41, 5.74) is 5.83. The number of ether oxygens (including phenoxy) is 2. The Labute approximate surface area is 95.1 Å². The molecule has 1 aromatic rings. The summed E-state index contributed by atoms with van der Waals surface area (Å²) >= 11 is 0. The van der Waals surface area contributed by atoms with E-state index in [1.54, 1.807) is 6.92 Å². The average molecular weight is 245 g/mol. The fraction of sp³-hybridized carbons (Fsp3) is 0.400. The van der Waals surface area contributed by atoms with E-state index in [0.717, 1.165) is 0 Å². The van der Waals surface area contributed by atoms with Crippen molar-refractivity contribution in [2.45, 2.75) is 11.8 Å². The maximum Gasteiger partial charge on any atom is 0.180 e. The van der Waals surface area contributed by atoms with Gasteiger partial charge in [0.25, 0.3) is 0 Å². The number of anilines is 1. The third kappa shape index (κ3) is 2.21. The Morgan fingerprint density at radius 3 is 2.12 bits per heavy atom. The number of nitrogens with two attached hydrogens (primary N) is 1. The lowest BCUT2D eigenvalue weighted by Crippen LogP contribution is -2.08. The molecule has 0 atom stereocenters. The van der Waals surface area contributed by atoms with E-state index in [4.69, 9.17) is 15.2 Å². The van der Waals surface area contributed by atoms with Gasteiger partial charge in [-0.1, -0.05) is 6.92 Å². The van der Waals surface area contributed by atoms with Crippen molar-refractivity contribution < 1.29 is 17.9 Å². The number of methoxy groups -OCH3 is 2. The van der Waals surface area contributed by atoms with Gasteiger partial charge in [0.1, 0.15) is 0 Å². The lowest BCUT2D eigenvalue weighted by molar-refractivity contribution is 0.354. The molecule has 0 unspecified atom stereocenters. The summed E-state index contributed by atoms with van der Waals surface area (Å²) in [4.78, 5) is 0.0765. The molecule has 0 aliphatic carbocycles. The molecule has 0 heterocycles. The number of benzene rings is 1. The molecule has 1 aromatic carbocycles. The van der Waals surface area contributed by atoms with Crippen molar-refractivity contribution in [3.63, 3.8) is 0 Å². The molecule has 6 heteroatoms. The van der Waals surface area contributed by atoms with Crippen molar-refractivity contribution in [2.75, 3.05) is 25.7 Å². The van der Waals surface area contributed by atoms with Crippen LogP contribution in [0.2, 0.25) is 0 Å². The first kappa shape index (κ1) is 12.6. The highest BCUT2D eigenvalue weighted by molar-refractivity contribution is 7.91. The first-order chi connectivity index (χ1) is 7.46. The molecule has 0 saturated carbocycles. The van der Waals surface area contributed by atoms with Gasteiger partial charge in [-0.15, -0.1) is 0 Å². The topological polar surface area (TPSA) is 78.6 Å². The summed E-state index contributed by atoms with van der Waals surface area (Å²) in [6.07, 6.45) is 0. The molecule has 0 fully saturated rings. The number of rotatable bonds is 4. The molecule has 2 N–H and O–H groups in total. The van der Waals surface area contributed by atoms with Crippen LogP contribution in [0.15, 0.2) is 17.0 Å². The molecule has 0 bridgehead atoms. The molecule has 16 heavy (non-hydrogen) atoms. The predicted molar refractivity (Wildman–Crippen MR) is 61.7 cm³/mol. The Bertz CT molecular complexity index is 482. The van der Waals surface area contributed by atoms with Crippen molar-refractivity contribution >= 4 is 15.5 Å². The fourth-order valence-electron chi connectivity index (χ4n) is 1.30. The van der Waals surface area contributed by atoms with Crippen molar-refractivity contribution in [1.29, 1.82) is 0 Å². The summed E-state index contributed by atoms with van der Waals surface area (Å²) in [5, 5.41) is 0. The zero-order valence-electron chi connectivity index (χ0n) is 9.48. The van der Waals surface area contributed by atoms with E-state index in [2.05, 4.69) is 0 Å². The van der Waals surface area contributed by atoms with E-state index in [0.29, 0.717) is 11.5 Å². The van der Waals surface area contributed by atoms with Gasteiger partial charge in [-0.05, 0) is 0 Å². The van der Waals surface area contributed by atoms with Crippen LogP contribution in [0.5, 0.6) is 11.5 Å². The lowest BCUT2D eigenvalue weighted by atomic mass is 10.3. The normalized spacial score (nSPS) is 11.2. The molecule has 1 rings (SSSR count). The van der Waals surface area contributed by atoms with Gasteiger partial charge in [-0.25, -0.2) is 8.42 Å². The molecule has 90 valence electrons. The molecule has 0 amide bonds. The SMILES string of the molecule is CCS(=O)(=O)c1cc(OC)c(OC)cc1N. The van der Waals surface area contributed by atoms with Crippen LogP contribution in [0.4, 0.5) is 5.69 Å². The number of sulfone groups is 1. The van der Waals surface area contributed by atoms with Crippen molar-refractivity contribution in [1.82, 2.24) is 0 Å². The van der Waals surface area contributed by atoms with E-state index in [9.17, 15) is 8.42 Å². The zero-order chi connectivity index (χ0) is 12.3. The smallest absolute Gasteiger partial charge is 0.180 e. The minimum Gasteiger partial charge on any atom is -0.493 e. The molecule has 0 aliphatic rings. The van der Waals surface area contributed by atoms with Crippen LogP contribution in [0, 0.1) is 0 Å². The minimum atomic E-state index is -3.35. The number of hydrogen-bond acceptors (Lipinski definition) is 5. The summed E-state index contributed by atoms with van der Waals surface area (Å²) in [5.74, 6) is 0.755. The average Bonchev–Trinajstić information content (AvgIpc) is 2.28. The Hall–Kier alpha value is -1.43. The van der Waals surface area contributed by atoms with Gasteiger partial charge < -0.3 is 15.2 Å². The Kier molecular flexibility index (Phi) is 3.64. The van der Waals surface area contributed by atoms with Crippen LogP contribution in [-0.2, 0) is 9.84 Å². The highest BCUT2D eigenvalue weighted by atomic mass is 32.2. The van der Waals surface area contributed by atoms with E-state index < -0.39 is 9.84 Å². The second kappa shape index (κ2) is 4.61. The maximum atomic E-state index is 11.7. The van der Waals surface area contributed by atoms with Gasteiger partial charge in [0.2, 0.25) is 0 Å². The minimum absolute atomic E-state index is 0.00726. The zero-order valence-corrected chi connectivity index (χ0v) is 10.3. The lowest BCUT2D eigenvalue weighted by Gasteiger charge is -2.12. The first-order valence-corrected chi connectivity index (χ1v) is 6.35. The summed E-state index contributed by atoms with van der Waals surface area (Å²) in [6.45, 7) is 1.56. The van der Waals surface area contributed by atoms with E-state index in [-0.39, 0.29) is 16.3 Å².